The monoisotopic (exact) mass is 440 g/mol. The first kappa shape index (κ1) is 26.4. The third-order valence-corrected chi connectivity index (χ3v) is 16.2. The van der Waals surface area contributed by atoms with Crippen molar-refractivity contribution in [2.75, 3.05) is 0 Å². The number of hydrogen-bond acceptors (Lipinski definition) is 0. The van der Waals surface area contributed by atoms with E-state index in [9.17, 15) is 0 Å². The summed E-state index contributed by atoms with van der Waals surface area (Å²) in [4.78, 5) is 0. The molecule has 2 aliphatic rings. The van der Waals surface area contributed by atoms with Gasteiger partial charge in [0.15, 0.2) is 0 Å². The normalized spacial score (nSPS) is 25.7. The highest BCUT2D eigenvalue weighted by atomic mass is 28.3. The summed E-state index contributed by atoms with van der Waals surface area (Å²) in [7, 11) is -1.85. The van der Waals surface area contributed by atoms with Crippen LogP contribution in [0.3, 0.4) is 0 Å². The van der Waals surface area contributed by atoms with Crippen LogP contribution < -0.4 is 0 Å². The Labute approximate surface area is 196 Å². The maximum atomic E-state index is 2.77. The van der Waals surface area contributed by atoms with Gasteiger partial charge in [-0.2, -0.15) is 0 Å². The van der Waals surface area contributed by atoms with E-state index < -0.39 is 8.07 Å². The van der Waals surface area contributed by atoms with Gasteiger partial charge in [-0.25, -0.2) is 0 Å². The van der Waals surface area contributed by atoms with Crippen molar-refractivity contribution in [2.24, 2.45) is 23.7 Å². The van der Waals surface area contributed by atoms with E-state index in [2.05, 4.69) is 107 Å². The summed E-state index contributed by atoms with van der Waals surface area (Å²) in [6.45, 7) is 29.4. The second kappa shape index (κ2) is 10.4. The summed E-state index contributed by atoms with van der Waals surface area (Å²) >= 11 is 0. The van der Waals surface area contributed by atoms with Crippen LogP contribution in [0.4, 0.5) is 0 Å². The summed E-state index contributed by atoms with van der Waals surface area (Å²) in [6.07, 6.45) is 13.4. The maximum Gasteiger partial charge on any atom is 0.0820 e. The van der Waals surface area contributed by atoms with Gasteiger partial charge < -0.3 is 0 Å². The molecule has 2 aliphatic carbocycles. The molecule has 0 aromatic carbocycles. The van der Waals surface area contributed by atoms with Gasteiger partial charge in [0.1, 0.15) is 0 Å². The topological polar surface area (TPSA) is 0 Å². The highest BCUT2D eigenvalue weighted by molar-refractivity contribution is 6.87. The van der Waals surface area contributed by atoms with Crippen LogP contribution in [-0.2, 0) is 0 Å². The fourth-order valence-electron chi connectivity index (χ4n) is 6.49. The van der Waals surface area contributed by atoms with Crippen LogP contribution in [0.2, 0.25) is 22.2 Å². The van der Waals surface area contributed by atoms with Gasteiger partial charge in [-0.15, -0.1) is 0 Å². The summed E-state index contributed by atoms with van der Waals surface area (Å²) in [5.41, 5.74) is 9.61. The quantitative estimate of drug-likeness (QED) is 0.296. The molecule has 0 saturated heterocycles. The Morgan fingerprint density at radius 2 is 0.903 bits per heavy atom. The molecule has 0 N–H and O–H groups in total. The summed E-state index contributed by atoms with van der Waals surface area (Å²) < 4.78 is 0. The van der Waals surface area contributed by atoms with E-state index in [-0.39, 0.29) is 0 Å². The zero-order valence-electron chi connectivity index (χ0n) is 22.8. The molecule has 4 unspecified atom stereocenters. The standard InChI is InChI=1S/C30H52Si/c1-13-23(11)31(24(12)14-2,29-17-25(19(3)4)15-27(29)21(7)8)30-18-26(20(5)6)16-28(30)22(9)10/h15-24,29-30H,13-14H2,1-12H3. The van der Waals surface area contributed by atoms with Crippen LogP contribution in [0.1, 0.15) is 95.9 Å². The third-order valence-electron chi connectivity index (χ3n) is 8.78. The summed E-state index contributed by atoms with van der Waals surface area (Å²) in [5, 5.41) is 0. The first-order valence-corrected chi connectivity index (χ1v) is 15.6. The predicted octanol–water partition coefficient (Wildman–Crippen LogP) is 10.1. The maximum absolute atomic E-state index is 2.77. The second-order valence-electron chi connectivity index (χ2n) is 11.8. The fraction of sp³-hybridized carbons (Fsp3) is 0.733. The molecule has 4 atom stereocenters. The molecule has 0 heterocycles. The highest BCUT2D eigenvalue weighted by Crippen LogP contribution is 2.62. The number of allylic oxidation sites excluding steroid dienone is 8. The summed E-state index contributed by atoms with van der Waals surface area (Å²) in [6, 6.07) is 0. The molecular formula is C30H52Si. The largest absolute Gasteiger partial charge is 0.0820 e. The zero-order valence-corrected chi connectivity index (χ0v) is 23.8. The van der Waals surface area contributed by atoms with Crippen molar-refractivity contribution in [1.29, 1.82) is 0 Å². The van der Waals surface area contributed by atoms with E-state index in [1.807, 2.05) is 0 Å². The molecule has 0 bridgehead atoms. The van der Waals surface area contributed by atoms with Gasteiger partial charge in [0, 0.05) is 0 Å². The number of hydrogen-bond donors (Lipinski definition) is 0. The van der Waals surface area contributed by atoms with Crippen molar-refractivity contribution in [3.8, 4) is 0 Å². The SMILES string of the molecule is CCC(C)[Si](C(C)CC)(C1C=C(C(C)C)C=C1C(C)C)C1C=C(C(C)C)C=C1C(C)C. The van der Waals surface area contributed by atoms with E-state index in [1.165, 1.54) is 12.8 Å². The average Bonchev–Trinajstić information content (AvgIpc) is 3.34. The Morgan fingerprint density at radius 1 is 0.581 bits per heavy atom. The van der Waals surface area contributed by atoms with Crippen LogP contribution in [0.15, 0.2) is 46.6 Å². The first-order chi connectivity index (χ1) is 14.4. The average molecular weight is 441 g/mol. The van der Waals surface area contributed by atoms with Gasteiger partial charge in [-0.1, -0.05) is 131 Å². The molecule has 31 heavy (non-hydrogen) atoms. The zero-order chi connectivity index (χ0) is 23.7. The molecular weight excluding hydrogens is 388 g/mol. The lowest BCUT2D eigenvalue weighted by molar-refractivity contribution is 0.661. The van der Waals surface area contributed by atoms with E-state index in [1.54, 1.807) is 22.3 Å². The third kappa shape index (κ3) is 4.78. The van der Waals surface area contributed by atoms with Gasteiger partial charge >= 0.3 is 0 Å². The number of rotatable bonds is 10. The van der Waals surface area contributed by atoms with Crippen LogP contribution in [-0.4, -0.2) is 8.07 Å². The Bertz CT molecular complexity index is 676. The van der Waals surface area contributed by atoms with Crippen LogP contribution in [0.5, 0.6) is 0 Å². The lowest BCUT2D eigenvalue weighted by Crippen LogP contribution is -2.52. The van der Waals surface area contributed by atoms with E-state index in [4.69, 9.17) is 0 Å². The van der Waals surface area contributed by atoms with Gasteiger partial charge in [-0.05, 0) is 57.0 Å². The van der Waals surface area contributed by atoms with Crippen molar-refractivity contribution in [1.82, 2.24) is 0 Å². The molecule has 0 aromatic rings. The molecule has 0 saturated carbocycles. The lowest BCUT2D eigenvalue weighted by atomic mass is 10.0. The molecule has 0 aromatic heterocycles. The highest BCUT2D eigenvalue weighted by Gasteiger charge is 2.56. The van der Waals surface area contributed by atoms with Crippen molar-refractivity contribution >= 4 is 8.07 Å². The smallest absolute Gasteiger partial charge is 0.0765 e. The van der Waals surface area contributed by atoms with Gasteiger partial charge in [0.25, 0.3) is 0 Å². The van der Waals surface area contributed by atoms with Crippen molar-refractivity contribution in [3.63, 3.8) is 0 Å². The van der Waals surface area contributed by atoms with E-state index in [0.717, 1.165) is 11.1 Å². The van der Waals surface area contributed by atoms with E-state index >= 15 is 0 Å². The fourth-order valence-corrected chi connectivity index (χ4v) is 14.7. The lowest BCUT2D eigenvalue weighted by Gasteiger charge is -2.52. The molecule has 0 spiro atoms. The molecule has 2 rings (SSSR count). The molecule has 1 heteroatoms. The molecule has 176 valence electrons. The molecule has 0 radical (unpaired) electrons. The molecule has 0 amide bonds. The van der Waals surface area contributed by atoms with Crippen LogP contribution >= 0.6 is 0 Å². The second-order valence-corrected chi connectivity index (χ2v) is 17.0. The van der Waals surface area contributed by atoms with Crippen LogP contribution in [0, 0.1) is 23.7 Å². The minimum Gasteiger partial charge on any atom is -0.0765 e. The first-order valence-electron chi connectivity index (χ1n) is 13.3. The Morgan fingerprint density at radius 3 is 1.13 bits per heavy atom. The summed E-state index contributed by atoms with van der Waals surface area (Å²) in [5.74, 6) is 2.48. The van der Waals surface area contributed by atoms with Gasteiger partial charge in [0.2, 0.25) is 0 Å². The Hall–Kier alpha value is -0.823. The predicted molar refractivity (Wildman–Crippen MR) is 144 cm³/mol. The van der Waals surface area contributed by atoms with Crippen molar-refractivity contribution < 1.29 is 0 Å². The van der Waals surface area contributed by atoms with Gasteiger partial charge in [-0.3, -0.25) is 0 Å². The molecule has 0 fully saturated rings. The van der Waals surface area contributed by atoms with Crippen molar-refractivity contribution in [3.05, 3.63) is 46.6 Å². The Balaban J connectivity index is 2.85. The minimum absolute atomic E-state index is 0.616. The molecule has 0 aliphatic heterocycles. The molecule has 0 nitrogen and oxygen atoms in total. The van der Waals surface area contributed by atoms with Crippen molar-refractivity contribution in [2.45, 2.75) is 118 Å². The minimum atomic E-state index is -1.85. The Kier molecular flexibility index (Phi) is 8.87. The van der Waals surface area contributed by atoms with Gasteiger partial charge in [0.05, 0.1) is 8.07 Å². The van der Waals surface area contributed by atoms with E-state index in [0.29, 0.717) is 34.8 Å². The van der Waals surface area contributed by atoms with Crippen LogP contribution in [0.25, 0.3) is 0 Å².